The van der Waals surface area contributed by atoms with Gasteiger partial charge in [-0.05, 0) is 40.3 Å². The highest BCUT2D eigenvalue weighted by molar-refractivity contribution is 5.46. The van der Waals surface area contributed by atoms with Crippen molar-refractivity contribution in [3.63, 3.8) is 0 Å². The molecule has 1 aliphatic rings. The minimum absolute atomic E-state index is 0.227. The molecule has 0 saturated carbocycles. The smallest absolute Gasteiger partial charge is 0.209 e. The predicted octanol–water partition coefficient (Wildman–Crippen LogP) is 2.11. The van der Waals surface area contributed by atoms with Crippen LogP contribution in [0, 0.1) is 5.82 Å². The number of halogens is 1. The van der Waals surface area contributed by atoms with Crippen LogP contribution in [-0.2, 0) is 6.54 Å². The molecule has 152 valence electrons. The van der Waals surface area contributed by atoms with Gasteiger partial charge in [-0.3, -0.25) is 0 Å². The molecule has 2 aromatic carbocycles. The van der Waals surface area contributed by atoms with Gasteiger partial charge in [0.1, 0.15) is 11.9 Å². The van der Waals surface area contributed by atoms with Gasteiger partial charge in [-0.1, -0.05) is 43.7 Å². The van der Waals surface area contributed by atoms with E-state index in [1.807, 2.05) is 4.68 Å². The van der Waals surface area contributed by atoms with E-state index in [1.54, 1.807) is 12.1 Å². The van der Waals surface area contributed by atoms with Crippen LogP contribution in [0.3, 0.4) is 0 Å². The number of nitrogens with one attached hydrogen (secondary N) is 1. The summed E-state index contributed by atoms with van der Waals surface area (Å²) in [5.41, 5.74) is 2.29. The van der Waals surface area contributed by atoms with Crippen LogP contribution in [0.2, 0.25) is 0 Å². The van der Waals surface area contributed by atoms with Crippen LogP contribution >= 0.6 is 0 Å². The second-order valence-corrected chi connectivity index (χ2v) is 7.64. The van der Waals surface area contributed by atoms with Crippen LogP contribution in [0.5, 0.6) is 0 Å². The van der Waals surface area contributed by atoms with Crippen LogP contribution < -0.4 is 9.80 Å². The lowest BCUT2D eigenvalue weighted by Crippen LogP contribution is -3.15. The number of quaternary nitrogens is 1. The Kier molecular flexibility index (Phi) is 6.14. The van der Waals surface area contributed by atoms with Gasteiger partial charge in [0.15, 0.2) is 0 Å². The lowest BCUT2D eigenvalue weighted by Gasteiger charge is -2.37. The Morgan fingerprint density at radius 3 is 2.45 bits per heavy atom. The maximum absolute atomic E-state index is 13.2. The van der Waals surface area contributed by atoms with Gasteiger partial charge in [0.05, 0.1) is 32.7 Å². The molecule has 0 amide bonds. The van der Waals surface area contributed by atoms with Gasteiger partial charge >= 0.3 is 0 Å². The highest BCUT2D eigenvalue weighted by Crippen LogP contribution is 2.17. The summed E-state index contributed by atoms with van der Waals surface area (Å²) in [5.74, 6) is 0.703. The molecule has 3 aromatic rings. The topological polar surface area (TPSA) is 51.3 Å². The van der Waals surface area contributed by atoms with Gasteiger partial charge in [0, 0.05) is 12.1 Å². The molecular formula is C22H28FN6+. The lowest BCUT2D eigenvalue weighted by atomic mass is 10.1. The molecule has 0 unspecified atom stereocenters. The van der Waals surface area contributed by atoms with Crippen molar-refractivity contribution in [3.8, 4) is 0 Å². The number of anilines is 1. The van der Waals surface area contributed by atoms with E-state index in [0.717, 1.165) is 50.4 Å². The Balaban J connectivity index is 1.47. The summed E-state index contributed by atoms with van der Waals surface area (Å²) >= 11 is 0. The van der Waals surface area contributed by atoms with Crippen molar-refractivity contribution in [2.75, 3.05) is 31.1 Å². The standard InChI is InChI=1S/C22H27FN6/c1-2-6-21(28-15-13-27(14-16-28)20-7-4-3-5-8-20)22-24-25-26-29(22)17-18-9-11-19(23)12-10-18/h3-5,7-12,21H,2,6,13-17H2,1H3/p+1/t21-/m0/s1. The predicted molar refractivity (Wildman–Crippen MR) is 110 cm³/mol. The highest BCUT2D eigenvalue weighted by Gasteiger charge is 2.32. The molecule has 4 rings (SSSR count). The summed E-state index contributed by atoms with van der Waals surface area (Å²) in [5, 5.41) is 12.6. The number of hydrogen-bond acceptors (Lipinski definition) is 4. The number of tetrazole rings is 1. The molecule has 2 heterocycles. The van der Waals surface area contributed by atoms with Crippen molar-refractivity contribution >= 4 is 5.69 Å². The maximum Gasteiger partial charge on any atom is 0.209 e. The monoisotopic (exact) mass is 395 g/mol. The Bertz CT molecular complexity index is 887. The molecule has 1 aromatic heterocycles. The molecule has 1 atom stereocenters. The largest absolute Gasteiger partial charge is 0.360 e. The van der Waals surface area contributed by atoms with Crippen molar-refractivity contribution < 1.29 is 9.29 Å². The van der Waals surface area contributed by atoms with E-state index >= 15 is 0 Å². The summed E-state index contributed by atoms with van der Waals surface area (Å²) in [6.07, 6.45) is 2.13. The Labute approximate surface area is 170 Å². The number of nitrogens with zero attached hydrogens (tertiary/aromatic N) is 5. The first-order valence-corrected chi connectivity index (χ1v) is 10.4. The van der Waals surface area contributed by atoms with Crippen molar-refractivity contribution in [2.45, 2.75) is 32.4 Å². The van der Waals surface area contributed by atoms with Crippen molar-refractivity contribution in [3.05, 3.63) is 71.8 Å². The van der Waals surface area contributed by atoms with Gasteiger partial charge in [-0.25, -0.2) is 9.07 Å². The lowest BCUT2D eigenvalue weighted by molar-refractivity contribution is -0.933. The van der Waals surface area contributed by atoms with Gasteiger partial charge in [0.25, 0.3) is 0 Å². The molecule has 6 nitrogen and oxygen atoms in total. The maximum atomic E-state index is 13.2. The Morgan fingerprint density at radius 1 is 1.03 bits per heavy atom. The number of para-hydroxylation sites is 1. The molecular weight excluding hydrogens is 367 g/mol. The zero-order valence-corrected chi connectivity index (χ0v) is 16.8. The van der Waals surface area contributed by atoms with E-state index in [1.165, 1.54) is 22.7 Å². The van der Waals surface area contributed by atoms with E-state index in [2.05, 4.69) is 57.7 Å². The Hall–Kier alpha value is -2.80. The fourth-order valence-electron chi connectivity index (χ4n) is 4.18. The molecule has 7 heteroatoms. The summed E-state index contributed by atoms with van der Waals surface area (Å²) in [6, 6.07) is 17.4. The average Bonchev–Trinajstić information content (AvgIpc) is 3.22. The van der Waals surface area contributed by atoms with Crippen LogP contribution in [0.4, 0.5) is 10.1 Å². The third-order valence-electron chi connectivity index (χ3n) is 5.71. The molecule has 1 N–H and O–H groups in total. The molecule has 0 aliphatic carbocycles. The quantitative estimate of drug-likeness (QED) is 0.666. The van der Waals surface area contributed by atoms with Crippen molar-refractivity contribution in [2.24, 2.45) is 0 Å². The highest BCUT2D eigenvalue weighted by atomic mass is 19.1. The Morgan fingerprint density at radius 2 is 1.76 bits per heavy atom. The average molecular weight is 396 g/mol. The first kappa shape index (κ1) is 19.5. The SMILES string of the molecule is CCC[C@@H](c1nnnn1Cc1ccc(F)cc1)[NH+]1CCN(c2ccccc2)CC1. The van der Waals surface area contributed by atoms with E-state index in [9.17, 15) is 4.39 Å². The number of rotatable bonds is 7. The van der Waals surface area contributed by atoms with Crippen molar-refractivity contribution in [1.29, 1.82) is 0 Å². The minimum Gasteiger partial charge on any atom is -0.360 e. The van der Waals surface area contributed by atoms with E-state index < -0.39 is 0 Å². The molecule has 0 bridgehead atoms. The molecule has 1 fully saturated rings. The van der Waals surface area contributed by atoms with Crippen LogP contribution in [0.15, 0.2) is 54.6 Å². The van der Waals surface area contributed by atoms with Crippen LogP contribution in [-0.4, -0.2) is 46.4 Å². The second-order valence-electron chi connectivity index (χ2n) is 7.64. The fraction of sp³-hybridized carbons (Fsp3) is 0.409. The van der Waals surface area contributed by atoms with Gasteiger partial charge < -0.3 is 9.80 Å². The number of benzene rings is 2. The number of piperazine rings is 1. The van der Waals surface area contributed by atoms with E-state index in [4.69, 9.17) is 0 Å². The molecule has 1 aliphatic heterocycles. The fourth-order valence-corrected chi connectivity index (χ4v) is 4.18. The molecule has 1 saturated heterocycles. The van der Waals surface area contributed by atoms with Gasteiger partial charge in [-0.2, -0.15) is 0 Å². The summed E-state index contributed by atoms with van der Waals surface area (Å²) in [6.45, 7) is 6.94. The number of hydrogen-bond donors (Lipinski definition) is 1. The van der Waals surface area contributed by atoms with Gasteiger partial charge in [-0.15, -0.1) is 5.10 Å². The summed E-state index contributed by atoms with van der Waals surface area (Å²) in [7, 11) is 0. The second kappa shape index (κ2) is 9.13. The van der Waals surface area contributed by atoms with Crippen LogP contribution in [0.1, 0.15) is 37.2 Å². The third-order valence-corrected chi connectivity index (χ3v) is 5.71. The van der Waals surface area contributed by atoms with E-state index in [0.29, 0.717) is 6.54 Å². The van der Waals surface area contributed by atoms with Gasteiger partial charge in [0.2, 0.25) is 5.82 Å². The minimum atomic E-state index is -0.227. The molecule has 29 heavy (non-hydrogen) atoms. The molecule has 0 spiro atoms. The normalized spacial score (nSPS) is 16.1. The molecule has 0 radical (unpaired) electrons. The summed E-state index contributed by atoms with van der Waals surface area (Å²) in [4.78, 5) is 3.99. The zero-order chi connectivity index (χ0) is 20.1. The first-order chi connectivity index (χ1) is 14.2. The van der Waals surface area contributed by atoms with Crippen LogP contribution in [0.25, 0.3) is 0 Å². The van der Waals surface area contributed by atoms with Crippen molar-refractivity contribution in [1.82, 2.24) is 20.2 Å². The zero-order valence-electron chi connectivity index (χ0n) is 16.8. The first-order valence-electron chi connectivity index (χ1n) is 10.4. The third kappa shape index (κ3) is 4.62. The number of aromatic nitrogens is 4. The summed E-state index contributed by atoms with van der Waals surface area (Å²) < 4.78 is 15.1. The van der Waals surface area contributed by atoms with E-state index in [-0.39, 0.29) is 11.9 Å².